The third-order valence-corrected chi connectivity index (χ3v) is 10.4. The molecular weight excluding hydrogens is 562 g/mol. The van der Waals surface area contributed by atoms with Crippen LogP contribution in [0.25, 0.3) is 0 Å². The maximum Gasteiger partial charge on any atom is 0.308 e. The van der Waals surface area contributed by atoms with Crippen LogP contribution >= 0.6 is 46.0 Å². The summed E-state index contributed by atoms with van der Waals surface area (Å²) in [6, 6.07) is 17.8. The molecule has 4 heterocycles. The summed E-state index contributed by atoms with van der Waals surface area (Å²) in [4.78, 5) is 56.1. The summed E-state index contributed by atoms with van der Waals surface area (Å²) in [6.07, 6.45) is 0. The molecule has 192 valence electrons. The molecule has 7 nitrogen and oxygen atoms in total. The Hall–Kier alpha value is -3.18. The summed E-state index contributed by atoms with van der Waals surface area (Å²) in [5.41, 5.74) is 2.11. The van der Waals surface area contributed by atoms with Crippen molar-refractivity contribution in [3.8, 4) is 0 Å². The fourth-order valence-electron chi connectivity index (χ4n) is 4.94. The first-order valence-electron chi connectivity index (χ1n) is 11.8. The summed E-state index contributed by atoms with van der Waals surface area (Å²) in [5.74, 6) is -2.10. The summed E-state index contributed by atoms with van der Waals surface area (Å²) >= 11 is 9.75. The Morgan fingerprint density at radius 1 is 1.03 bits per heavy atom. The Labute approximate surface area is 235 Å². The molecule has 0 aliphatic carbocycles. The van der Waals surface area contributed by atoms with E-state index in [0.717, 1.165) is 21.8 Å². The highest BCUT2D eigenvalue weighted by atomic mass is 35.5. The van der Waals surface area contributed by atoms with E-state index in [4.69, 9.17) is 11.6 Å². The molecule has 6 rings (SSSR count). The number of aryl methyl sites for hydroxylation is 1. The zero-order valence-electron chi connectivity index (χ0n) is 19.9. The molecule has 3 amide bonds. The Morgan fingerprint density at radius 3 is 2.53 bits per heavy atom. The van der Waals surface area contributed by atoms with Crippen LogP contribution in [0.5, 0.6) is 0 Å². The molecular formula is C27H20ClN3O4S3. The number of benzene rings is 2. The second-order valence-corrected chi connectivity index (χ2v) is 12.6. The number of thiazole rings is 1. The molecule has 2 aromatic heterocycles. The van der Waals surface area contributed by atoms with Gasteiger partial charge < -0.3 is 5.32 Å². The lowest BCUT2D eigenvalue weighted by atomic mass is 9.87. The van der Waals surface area contributed by atoms with Gasteiger partial charge in [-0.2, -0.15) is 0 Å². The van der Waals surface area contributed by atoms with Crippen LogP contribution in [0, 0.1) is 12.8 Å². The topological polar surface area (TPSA) is 88.5 Å². The van der Waals surface area contributed by atoms with E-state index in [2.05, 4.69) is 5.32 Å². The lowest BCUT2D eigenvalue weighted by Gasteiger charge is -2.29. The normalized spacial score (nSPS) is 20.4. The highest BCUT2D eigenvalue weighted by molar-refractivity contribution is 8.00. The predicted octanol–water partition coefficient (Wildman–Crippen LogP) is 5.37. The van der Waals surface area contributed by atoms with E-state index < -0.39 is 17.1 Å². The number of hydrogen-bond donors (Lipinski definition) is 1. The number of carbonyl (C=O) groups excluding carboxylic acids is 3. The summed E-state index contributed by atoms with van der Waals surface area (Å²) < 4.78 is 1.43. The number of nitrogens with one attached hydrogen (secondary N) is 1. The molecule has 0 spiro atoms. The Balaban J connectivity index is 1.38. The molecule has 2 unspecified atom stereocenters. The SMILES string of the molecule is Cc1cccc(NC(=O)Cn2c3c(sc2=O)[C@H](c2cccs2)C2C(=O)N(c4ccc(Cl)cc4)C(=O)C2S3)c1. The molecule has 1 fully saturated rings. The van der Waals surface area contributed by atoms with Gasteiger partial charge >= 0.3 is 4.87 Å². The first-order valence-corrected chi connectivity index (χ1v) is 14.7. The molecule has 0 saturated carbocycles. The number of anilines is 2. The lowest BCUT2D eigenvalue weighted by Crippen LogP contribution is -2.32. The minimum absolute atomic E-state index is 0.191. The molecule has 2 aliphatic heterocycles. The summed E-state index contributed by atoms with van der Waals surface area (Å²) in [7, 11) is 0. The number of thiophene rings is 1. The van der Waals surface area contributed by atoms with Gasteiger partial charge in [-0.05, 0) is 60.3 Å². The molecule has 0 bridgehead atoms. The second kappa shape index (κ2) is 9.85. The van der Waals surface area contributed by atoms with Gasteiger partial charge in [-0.25, -0.2) is 4.90 Å². The maximum atomic E-state index is 13.8. The van der Waals surface area contributed by atoms with E-state index in [-0.39, 0.29) is 29.1 Å². The van der Waals surface area contributed by atoms with Gasteiger partial charge in [0.15, 0.2) is 0 Å². The monoisotopic (exact) mass is 581 g/mol. The maximum absolute atomic E-state index is 13.8. The van der Waals surface area contributed by atoms with E-state index in [0.29, 0.717) is 26.3 Å². The van der Waals surface area contributed by atoms with Crippen molar-refractivity contribution in [2.75, 3.05) is 10.2 Å². The number of imide groups is 1. The molecule has 1 saturated heterocycles. The third kappa shape index (κ3) is 4.31. The molecule has 2 aliphatic rings. The van der Waals surface area contributed by atoms with Gasteiger partial charge in [-0.3, -0.25) is 23.7 Å². The fourth-order valence-corrected chi connectivity index (χ4v) is 8.79. The van der Waals surface area contributed by atoms with Crippen molar-refractivity contribution in [1.82, 2.24) is 4.57 Å². The number of aromatic nitrogens is 1. The Bertz CT molecular complexity index is 1630. The predicted molar refractivity (Wildman–Crippen MR) is 152 cm³/mol. The van der Waals surface area contributed by atoms with E-state index >= 15 is 0 Å². The van der Waals surface area contributed by atoms with Crippen LogP contribution in [0.1, 0.15) is 21.2 Å². The van der Waals surface area contributed by atoms with Crippen molar-refractivity contribution in [2.45, 2.75) is 29.7 Å². The van der Waals surface area contributed by atoms with Crippen molar-refractivity contribution in [1.29, 1.82) is 0 Å². The number of rotatable bonds is 5. The number of fused-ring (bicyclic) bond motifs is 2. The first kappa shape index (κ1) is 25.1. The van der Waals surface area contributed by atoms with E-state index in [9.17, 15) is 19.2 Å². The zero-order valence-corrected chi connectivity index (χ0v) is 23.1. The Kier molecular flexibility index (Phi) is 6.51. The summed E-state index contributed by atoms with van der Waals surface area (Å²) in [6.45, 7) is 1.74. The van der Waals surface area contributed by atoms with Crippen LogP contribution in [0.4, 0.5) is 11.4 Å². The number of carbonyl (C=O) groups is 3. The number of hydrogen-bond acceptors (Lipinski definition) is 7. The van der Waals surface area contributed by atoms with Crippen molar-refractivity contribution >= 4 is 75.1 Å². The zero-order chi connectivity index (χ0) is 26.6. The first-order chi connectivity index (χ1) is 18.3. The van der Waals surface area contributed by atoms with E-state index in [1.807, 2.05) is 42.6 Å². The van der Waals surface area contributed by atoms with Gasteiger partial charge in [0.25, 0.3) is 0 Å². The molecule has 11 heteroatoms. The van der Waals surface area contributed by atoms with Gasteiger partial charge in [-0.1, -0.05) is 52.9 Å². The van der Waals surface area contributed by atoms with Crippen molar-refractivity contribution in [3.05, 3.63) is 96.1 Å². The molecule has 38 heavy (non-hydrogen) atoms. The van der Waals surface area contributed by atoms with Crippen LogP contribution in [-0.4, -0.2) is 27.5 Å². The number of nitrogens with zero attached hydrogens (tertiary/aromatic N) is 2. The minimum Gasteiger partial charge on any atom is -0.325 e. The molecule has 0 radical (unpaired) electrons. The van der Waals surface area contributed by atoms with Crippen LogP contribution in [0.2, 0.25) is 5.02 Å². The fraction of sp³-hybridized carbons (Fsp3) is 0.185. The largest absolute Gasteiger partial charge is 0.325 e. The average molecular weight is 582 g/mol. The van der Waals surface area contributed by atoms with Crippen LogP contribution in [0.15, 0.2) is 75.9 Å². The van der Waals surface area contributed by atoms with Crippen LogP contribution in [-0.2, 0) is 20.9 Å². The smallest absolute Gasteiger partial charge is 0.308 e. The van der Waals surface area contributed by atoms with E-state index in [1.165, 1.54) is 32.6 Å². The van der Waals surface area contributed by atoms with Crippen molar-refractivity contribution in [3.63, 3.8) is 0 Å². The lowest BCUT2D eigenvalue weighted by molar-refractivity contribution is -0.122. The highest BCUT2D eigenvalue weighted by Gasteiger charge is 2.57. The minimum atomic E-state index is -0.724. The molecule has 1 N–H and O–H groups in total. The Morgan fingerprint density at radius 2 is 1.82 bits per heavy atom. The van der Waals surface area contributed by atoms with Crippen LogP contribution in [0.3, 0.4) is 0 Å². The van der Waals surface area contributed by atoms with E-state index in [1.54, 1.807) is 30.3 Å². The molecule has 3 atom stereocenters. The number of amides is 3. The third-order valence-electron chi connectivity index (χ3n) is 6.59. The number of halogens is 1. The van der Waals surface area contributed by atoms with Crippen molar-refractivity contribution < 1.29 is 14.4 Å². The second-order valence-electron chi connectivity index (χ2n) is 9.09. The van der Waals surface area contributed by atoms with Gasteiger partial charge in [0.05, 0.1) is 16.6 Å². The average Bonchev–Trinajstić information content (AvgIpc) is 3.58. The van der Waals surface area contributed by atoms with Crippen molar-refractivity contribution in [2.24, 2.45) is 5.92 Å². The van der Waals surface area contributed by atoms with Gasteiger partial charge in [-0.15, -0.1) is 11.3 Å². The van der Waals surface area contributed by atoms with Crippen LogP contribution < -0.4 is 15.1 Å². The summed E-state index contributed by atoms with van der Waals surface area (Å²) in [5, 5.41) is 5.11. The quantitative estimate of drug-likeness (QED) is 0.320. The molecule has 2 aromatic carbocycles. The van der Waals surface area contributed by atoms with Gasteiger partial charge in [0.2, 0.25) is 17.7 Å². The molecule has 4 aromatic rings. The van der Waals surface area contributed by atoms with Gasteiger partial charge in [0, 0.05) is 26.4 Å². The number of thioether (sulfide) groups is 1. The standard InChI is InChI=1S/C27H20ClN3O4S3/c1-14-4-2-5-16(12-14)29-19(32)13-30-26-23(38-27(30)35)20(18-6-3-11-36-18)21-22(37-26)25(34)31(24(21)33)17-9-7-15(28)8-10-17/h2-12,20-22H,13H2,1H3,(H,29,32)/t20-,21?,22?/m1/s1. The highest BCUT2D eigenvalue weighted by Crippen LogP contribution is 2.54. The van der Waals surface area contributed by atoms with Gasteiger partial charge in [0.1, 0.15) is 11.8 Å².